The van der Waals surface area contributed by atoms with E-state index >= 15 is 0 Å². The molecule has 9 N–H and O–H groups in total. The van der Waals surface area contributed by atoms with Gasteiger partial charge < -0.3 is 42.7 Å². The van der Waals surface area contributed by atoms with Crippen LogP contribution in [0.2, 0.25) is 5.02 Å². The van der Waals surface area contributed by atoms with Crippen molar-refractivity contribution in [2.24, 2.45) is 16.9 Å². The van der Waals surface area contributed by atoms with Gasteiger partial charge in [0.2, 0.25) is 41.4 Å². The number of aryl methyl sites for hydroxylation is 3. The number of unbranched alkanes of at least 4 members (excludes halogenated alkanes) is 2. The van der Waals surface area contributed by atoms with Gasteiger partial charge in [-0.05, 0) is 104 Å². The second-order valence-electron chi connectivity index (χ2n) is 20.3. The molecule has 7 rings (SSSR count). The fourth-order valence-corrected chi connectivity index (χ4v) is 10.9. The lowest BCUT2D eigenvalue weighted by Gasteiger charge is -2.35. The van der Waals surface area contributed by atoms with Gasteiger partial charge in [-0.25, -0.2) is 4.98 Å². The van der Waals surface area contributed by atoms with Crippen molar-refractivity contribution in [3.63, 3.8) is 0 Å². The second kappa shape index (κ2) is 23.1. The van der Waals surface area contributed by atoms with Gasteiger partial charge in [-0.3, -0.25) is 38.5 Å². The number of carbonyl (C=O) groups excluding carboxylic acids is 7. The van der Waals surface area contributed by atoms with Crippen LogP contribution in [0.1, 0.15) is 113 Å². The Kier molecular flexibility index (Phi) is 17.2. The Morgan fingerprint density at radius 1 is 0.931 bits per heavy atom. The predicted molar refractivity (Wildman–Crippen MR) is 277 cm³/mol. The van der Waals surface area contributed by atoms with Crippen LogP contribution < -0.4 is 37.6 Å². The summed E-state index contributed by atoms with van der Waals surface area (Å²) in [5.74, 6) is -3.31. The van der Waals surface area contributed by atoms with Gasteiger partial charge in [0.1, 0.15) is 24.2 Å². The Morgan fingerprint density at radius 3 is 2.35 bits per heavy atom. The lowest BCUT2D eigenvalue weighted by atomic mass is 9.85. The van der Waals surface area contributed by atoms with Gasteiger partial charge in [-0.15, -0.1) is 11.3 Å². The van der Waals surface area contributed by atoms with Crippen molar-refractivity contribution in [2.75, 3.05) is 16.8 Å². The number of nitrogens with one attached hydrogen (secondary N) is 4. The zero-order chi connectivity index (χ0) is 52.0. The number of primary amides is 1. The number of aromatic nitrogens is 1. The van der Waals surface area contributed by atoms with Crippen LogP contribution in [0.3, 0.4) is 0 Å². The van der Waals surface area contributed by atoms with Gasteiger partial charge in [0, 0.05) is 42.9 Å². The maximum atomic E-state index is 14.2. The lowest BCUT2D eigenvalue weighted by molar-refractivity contribution is -0.144. The van der Waals surface area contributed by atoms with Crippen molar-refractivity contribution in [3.8, 4) is 10.4 Å². The van der Waals surface area contributed by atoms with Crippen LogP contribution in [-0.2, 0) is 52.8 Å². The molecule has 1 unspecified atom stereocenters. The number of likely N-dealkylation sites (tertiary alicyclic amines) is 1. The van der Waals surface area contributed by atoms with Gasteiger partial charge >= 0.3 is 0 Å². The Balaban J connectivity index is 0.900. The van der Waals surface area contributed by atoms with E-state index in [-0.39, 0.29) is 62.4 Å². The molecule has 3 aliphatic heterocycles. The molecule has 17 nitrogen and oxygen atoms in total. The number of hydrogen-bond acceptors (Lipinski definition) is 11. The van der Waals surface area contributed by atoms with E-state index in [2.05, 4.69) is 26.3 Å². The van der Waals surface area contributed by atoms with E-state index in [0.717, 1.165) is 38.4 Å². The third kappa shape index (κ3) is 12.9. The van der Waals surface area contributed by atoms with Crippen LogP contribution in [0.4, 0.5) is 11.4 Å². The van der Waals surface area contributed by atoms with Crippen molar-refractivity contribution in [1.82, 2.24) is 25.8 Å². The monoisotopic (exact) mass is 1020 g/mol. The predicted octanol–water partition coefficient (Wildman–Crippen LogP) is 5.17. The number of nitrogens with two attached hydrogens (primary N) is 2. The minimum atomic E-state index is -1.17. The largest absolute Gasteiger partial charge is 0.391 e. The summed E-state index contributed by atoms with van der Waals surface area (Å²) in [6.45, 7) is 9.32. The molecule has 7 atom stereocenters. The summed E-state index contributed by atoms with van der Waals surface area (Å²) in [5, 5.41) is 22.6. The molecule has 0 bridgehead atoms. The first-order valence-corrected chi connectivity index (χ1v) is 25.9. The second-order valence-corrected chi connectivity index (χ2v) is 21.6. The first-order valence-electron chi connectivity index (χ1n) is 24.7. The molecule has 0 saturated carbocycles. The van der Waals surface area contributed by atoms with Crippen LogP contribution in [0, 0.1) is 12.3 Å². The van der Waals surface area contributed by atoms with E-state index in [9.17, 15) is 38.7 Å². The Hall–Kier alpha value is -6.21. The van der Waals surface area contributed by atoms with E-state index in [4.69, 9.17) is 23.1 Å². The summed E-state index contributed by atoms with van der Waals surface area (Å²) in [6.07, 6.45) is 2.73. The third-order valence-electron chi connectivity index (χ3n) is 13.7. The molecule has 72 heavy (non-hydrogen) atoms. The molecule has 0 aliphatic carbocycles. The number of benzene rings is 3. The highest BCUT2D eigenvalue weighted by atomic mass is 35.5. The van der Waals surface area contributed by atoms with E-state index in [0.29, 0.717) is 54.9 Å². The number of thiazole rings is 1. The molecule has 384 valence electrons. The number of nitrogens with zero attached hydrogens (tertiary/aromatic N) is 3. The maximum Gasteiger partial charge on any atom is 0.246 e. The average molecular weight is 1020 g/mol. The molecular formula is C53H66ClN9O8S. The van der Waals surface area contributed by atoms with Crippen LogP contribution in [0.15, 0.2) is 66.2 Å². The smallest absolute Gasteiger partial charge is 0.246 e. The highest BCUT2D eigenvalue weighted by Gasteiger charge is 2.46. The molecule has 0 radical (unpaired) electrons. The molecule has 3 aromatic carbocycles. The fraction of sp³-hybridized carbons (Fsp3) is 0.472. The van der Waals surface area contributed by atoms with Crippen molar-refractivity contribution >= 4 is 75.7 Å². The van der Waals surface area contributed by atoms with E-state index in [1.54, 1.807) is 35.0 Å². The Morgan fingerprint density at radius 2 is 1.65 bits per heavy atom. The van der Waals surface area contributed by atoms with E-state index in [1.165, 1.54) is 9.80 Å². The van der Waals surface area contributed by atoms with E-state index < -0.39 is 65.4 Å². The summed E-state index contributed by atoms with van der Waals surface area (Å²) in [5.41, 5.74) is 19.3. The first kappa shape index (κ1) is 53.6. The summed E-state index contributed by atoms with van der Waals surface area (Å²) in [6, 6.07) is 13.5. The highest BCUT2D eigenvalue weighted by Crippen LogP contribution is 2.39. The number of rotatable bonds is 19. The summed E-state index contributed by atoms with van der Waals surface area (Å²) >= 11 is 8.07. The lowest BCUT2D eigenvalue weighted by Crippen LogP contribution is -2.57. The normalized spacial score (nSPS) is 19.7. The Labute approximate surface area is 429 Å². The van der Waals surface area contributed by atoms with Gasteiger partial charge in [-0.2, -0.15) is 0 Å². The van der Waals surface area contributed by atoms with Crippen molar-refractivity contribution in [1.29, 1.82) is 0 Å². The third-order valence-corrected chi connectivity index (χ3v) is 14.9. The topological polar surface area (TPSA) is 259 Å². The number of carbonyl (C=O) groups is 7. The highest BCUT2D eigenvalue weighted by molar-refractivity contribution is 7.13. The molecule has 3 aliphatic rings. The Bertz CT molecular complexity index is 2690. The van der Waals surface area contributed by atoms with Crippen LogP contribution >= 0.6 is 22.9 Å². The van der Waals surface area contributed by atoms with Gasteiger partial charge in [0.15, 0.2) is 0 Å². The van der Waals surface area contributed by atoms with Crippen molar-refractivity contribution in [2.45, 2.75) is 148 Å². The molecule has 1 aromatic heterocycles. The van der Waals surface area contributed by atoms with Crippen LogP contribution in [-0.4, -0.2) is 99.2 Å². The number of anilines is 2. The number of halogens is 1. The zero-order valence-corrected chi connectivity index (χ0v) is 43.0. The van der Waals surface area contributed by atoms with Gasteiger partial charge in [0.25, 0.3) is 0 Å². The SMILES string of the molecule is Cc1ncsc1-c1ccc([C@H](C)NC(=O)C2C[C@@H](O)CN2C(=O)[C@@H](NC(=O)CCCCCc2cc(Cl)cc(NC(=O)[C@H](CCC(N)=O)NC(=O)[C@@H]3Cc4cccc5c4N3C(=O)[C@@H](N)CC5)c2)C(C)(C)C)cc1. The molecule has 1 saturated heterocycles. The summed E-state index contributed by atoms with van der Waals surface area (Å²) in [7, 11) is 0. The van der Waals surface area contributed by atoms with Gasteiger partial charge in [-0.1, -0.05) is 81.3 Å². The van der Waals surface area contributed by atoms with Gasteiger partial charge in [0.05, 0.1) is 40.0 Å². The first-order chi connectivity index (χ1) is 34.2. The maximum absolute atomic E-state index is 14.2. The zero-order valence-electron chi connectivity index (χ0n) is 41.5. The average Bonchev–Trinajstić information content (AvgIpc) is 4.04. The standard InChI is InChI=1S/C53H66ClN9O8S/c1-29(32-14-16-34(17-15-32)46-30(2)57-28-72-46)58-49(68)41-26-38(64)27-62(41)52(71)47(53(3,4)5)61-44(66)13-8-6-7-10-31-22-36(54)25-37(23-31)59-48(67)40(20-21-43(56)65)60-50(69)42-24-35-12-9-11-33-18-19-39(55)51(70)63(42)45(33)35/h9,11-12,14-17,22-23,25,28-29,38-42,47,64H,6-8,10,13,18-21,24,26-27,55H2,1-5H3,(H2,56,65)(H,58,68)(H,59,67)(H,60,69)(H,61,66)/t29-,38+,39-,40-,41?,42-,47+/m0/s1. The van der Waals surface area contributed by atoms with Crippen molar-refractivity contribution < 1.29 is 38.7 Å². The van der Waals surface area contributed by atoms with E-state index in [1.807, 2.05) is 77.1 Å². The summed E-state index contributed by atoms with van der Waals surface area (Å²) in [4.78, 5) is 103. The number of amides is 7. The van der Waals surface area contributed by atoms with Crippen LogP contribution in [0.25, 0.3) is 10.4 Å². The molecule has 4 heterocycles. The summed E-state index contributed by atoms with van der Waals surface area (Å²) < 4.78 is 0. The molecule has 19 heteroatoms. The van der Waals surface area contributed by atoms with Crippen molar-refractivity contribution in [3.05, 3.63) is 99.1 Å². The molecular weight excluding hydrogens is 958 g/mol. The number of aliphatic hydroxyl groups excluding tert-OH is 1. The fourth-order valence-electron chi connectivity index (χ4n) is 9.82. The number of aliphatic hydroxyl groups is 1. The molecule has 4 aromatic rings. The molecule has 0 spiro atoms. The minimum absolute atomic E-state index is 0.0351. The number of β-amino-alcohol motifs (C(OH)–C–C–N with tert-alkyl or cyclic N) is 1. The van der Waals surface area contributed by atoms with Crippen LogP contribution in [0.5, 0.6) is 0 Å². The molecule has 1 fully saturated rings. The quantitative estimate of drug-likeness (QED) is 0.0607. The molecule has 7 amide bonds. The minimum Gasteiger partial charge on any atom is -0.391 e. The number of hydrogen-bond donors (Lipinski definition) is 7. The number of para-hydroxylation sites is 1.